The molecule has 38 heavy (non-hydrogen) atoms. The number of sulfonamides is 2. The number of aliphatic hydroxyl groups is 1. The van der Waals surface area contributed by atoms with Crippen molar-refractivity contribution in [3.63, 3.8) is 0 Å². The predicted molar refractivity (Wildman–Crippen MR) is 138 cm³/mol. The van der Waals surface area contributed by atoms with E-state index in [-0.39, 0.29) is 42.1 Å². The maximum Gasteiger partial charge on any atom is 0.245 e. The summed E-state index contributed by atoms with van der Waals surface area (Å²) in [5, 5.41) is 13.6. The normalized spacial score (nSPS) is 21.0. The van der Waals surface area contributed by atoms with Gasteiger partial charge in [0.05, 0.1) is 17.1 Å². The molecule has 4 rings (SSSR count). The van der Waals surface area contributed by atoms with Crippen LogP contribution in [0.2, 0.25) is 0 Å². The van der Waals surface area contributed by atoms with Gasteiger partial charge in [0.2, 0.25) is 20.0 Å². The second-order valence-corrected chi connectivity index (χ2v) is 13.6. The molecule has 13 heteroatoms. The van der Waals surface area contributed by atoms with Crippen LogP contribution in [0.3, 0.4) is 0 Å². The number of ether oxygens (including phenoxy) is 2. The Bertz CT molecular complexity index is 1350. The summed E-state index contributed by atoms with van der Waals surface area (Å²) in [5.74, 6) is -0.425. The van der Waals surface area contributed by atoms with Gasteiger partial charge in [-0.05, 0) is 63.1 Å². The lowest BCUT2D eigenvalue weighted by Crippen LogP contribution is -2.47. The molecule has 2 aromatic carbocycles. The van der Waals surface area contributed by atoms with E-state index in [1.54, 1.807) is 19.1 Å². The van der Waals surface area contributed by atoms with Crippen LogP contribution in [0.25, 0.3) is 0 Å². The highest BCUT2D eigenvalue weighted by molar-refractivity contribution is 7.89. The summed E-state index contributed by atoms with van der Waals surface area (Å²) in [6.45, 7) is 2.84. The van der Waals surface area contributed by atoms with Gasteiger partial charge in [-0.15, -0.1) is 0 Å². The largest absolute Gasteiger partial charge is 0.491 e. The summed E-state index contributed by atoms with van der Waals surface area (Å²) in [4.78, 5) is -0.228. The fourth-order valence-electron chi connectivity index (χ4n) is 4.81. The molecule has 2 atom stereocenters. The summed E-state index contributed by atoms with van der Waals surface area (Å²) in [6.07, 6.45) is 0.814. The predicted octanol–water partition coefficient (Wildman–Crippen LogP) is 1.38. The van der Waals surface area contributed by atoms with Crippen LogP contribution in [-0.2, 0) is 24.8 Å². The Kier molecular flexibility index (Phi) is 8.77. The standard InChI is InChI=1S/C25H34FN3O7S2/c1-18-6-7-23(26)24(12-18)38(33,34)29-10-8-25(9-11-29)14-19(16-36-25)28-15-20(30)17-35-21-4-3-5-22(13-21)37(31,32)27-2/h3-7,12-13,19-20,27-28,30H,8-11,14-17H2,1-2H3/t19-,20?/m1/s1. The van der Waals surface area contributed by atoms with Crippen LogP contribution in [0.1, 0.15) is 24.8 Å². The van der Waals surface area contributed by atoms with Crippen molar-refractivity contribution in [2.45, 2.75) is 53.7 Å². The van der Waals surface area contributed by atoms with Crippen LogP contribution in [0.5, 0.6) is 5.75 Å². The maximum atomic E-state index is 14.3. The van der Waals surface area contributed by atoms with E-state index < -0.39 is 37.6 Å². The lowest BCUT2D eigenvalue weighted by Gasteiger charge is -2.38. The number of aliphatic hydroxyl groups excluding tert-OH is 1. The lowest BCUT2D eigenvalue weighted by molar-refractivity contribution is -0.0312. The molecule has 0 aromatic heterocycles. The third-order valence-corrected chi connectivity index (χ3v) is 10.3. The highest BCUT2D eigenvalue weighted by Gasteiger charge is 2.45. The Hall–Kier alpha value is -2.13. The van der Waals surface area contributed by atoms with Crippen molar-refractivity contribution in [3.05, 3.63) is 53.8 Å². The van der Waals surface area contributed by atoms with Crippen LogP contribution in [0.4, 0.5) is 4.39 Å². The Morgan fingerprint density at radius 2 is 1.92 bits per heavy atom. The smallest absolute Gasteiger partial charge is 0.245 e. The number of nitrogens with one attached hydrogen (secondary N) is 2. The minimum absolute atomic E-state index is 0.0221. The van der Waals surface area contributed by atoms with Gasteiger partial charge in [-0.2, -0.15) is 4.31 Å². The van der Waals surface area contributed by atoms with Gasteiger partial charge in [-0.25, -0.2) is 25.9 Å². The first-order chi connectivity index (χ1) is 17.9. The first-order valence-electron chi connectivity index (χ1n) is 12.4. The zero-order valence-corrected chi connectivity index (χ0v) is 23.0. The van der Waals surface area contributed by atoms with Crippen LogP contribution >= 0.6 is 0 Å². The van der Waals surface area contributed by atoms with E-state index >= 15 is 0 Å². The van der Waals surface area contributed by atoms with Crippen molar-refractivity contribution in [3.8, 4) is 5.75 Å². The fraction of sp³-hybridized carbons (Fsp3) is 0.520. The number of halogens is 1. The first-order valence-corrected chi connectivity index (χ1v) is 15.3. The van der Waals surface area contributed by atoms with Crippen molar-refractivity contribution < 1.29 is 35.8 Å². The molecular formula is C25H34FN3O7S2. The van der Waals surface area contributed by atoms with E-state index in [0.29, 0.717) is 37.2 Å². The van der Waals surface area contributed by atoms with E-state index in [0.717, 1.165) is 0 Å². The van der Waals surface area contributed by atoms with E-state index in [4.69, 9.17) is 9.47 Å². The van der Waals surface area contributed by atoms with Crippen LogP contribution in [-0.4, -0.2) is 83.9 Å². The van der Waals surface area contributed by atoms with Gasteiger partial charge in [-0.1, -0.05) is 12.1 Å². The van der Waals surface area contributed by atoms with Crippen LogP contribution in [0.15, 0.2) is 52.3 Å². The van der Waals surface area contributed by atoms with Crippen molar-refractivity contribution in [2.75, 3.05) is 39.9 Å². The fourth-order valence-corrected chi connectivity index (χ4v) is 7.16. The molecule has 2 aromatic rings. The van der Waals surface area contributed by atoms with E-state index in [1.165, 1.54) is 41.7 Å². The van der Waals surface area contributed by atoms with Crippen molar-refractivity contribution in [2.24, 2.45) is 0 Å². The summed E-state index contributed by atoms with van der Waals surface area (Å²) < 4.78 is 79.4. The molecule has 2 aliphatic rings. The van der Waals surface area contributed by atoms with E-state index in [1.807, 2.05) is 0 Å². The second kappa shape index (κ2) is 11.5. The molecule has 0 amide bonds. The number of nitrogens with zero attached hydrogens (tertiary/aromatic N) is 1. The average Bonchev–Trinajstić information content (AvgIpc) is 3.30. The molecule has 1 spiro atoms. The van der Waals surface area contributed by atoms with Gasteiger partial charge in [0.15, 0.2) is 0 Å². The topological polar surface area (TPSA) is 134 Å². The highest BCUT2D eigenvalue weighted by atomic mass is 32.2. The number of benzene rings is 2. The Labute approximate surface area is 223 Å². The molecule has 3 N–H and O–H groups in total. The number of rotatable bonds is 10. The van der Waals surface area contributed by atoms with Crippen molar-refractivity contribution in [1.29, 1.82) is 0 Å². The molecule has 2 saturated heterocycles. The SMILES string of the molecule is CNS(=O)(=O)c1cccc(OCC(O)CN[C@H]2COC3(CCN(S(=O)(=O)c4cc(C)ccc4F)CC3)C2)c1. The molecule has 0 radical (unpaired) electrons. The molecule has 1 unspecified atom stereocenters. The summed E-state index contributed by atoms with van der Waals surface area (Å²) in [7, 11) is -6.20. The second-order valence-electron chi connectivity index (χ2n) is 9.79. The highest BCUT2D eigenvalue weighted by Crippen LogP contribution is 2.37. The number of aryl methyl sites for hydroxylation is 1. The third-order valence-electron chi connectivity index (χ3n) is 7.02. The monoisotopic (exact) mass is 571 g/mol. The van der Waals surface area contributed by atoms with Gasteiger partial charge in [0, 0.05) is 31.7 Å². The number of hydrogen-bond donors (Lipinski definition) is 3. The maximum absolute atomic E-state index is 14.3. The first kappa shape index (κ1) is 28.9. The van der Waals surface area contributed by atoms with E-state index in [9.17, 15) is 26.3 Å². The summed E-state index contributed by atoms with van der Waals surface area (Å²) in [6, 6.07) is 10.1. The van der Waals surface area contributed by atoms with Gasteiger partial charge in [-0.3, -0.25) is 0 Å². The lowest BCUT2D eigenvalue weighted by atomic mass is 9.88. The minimum atomic E-state index is -3.93. The quantitative estimate of drug-likeness (QED) is 0.390. The summed E-state index contributed by atoms with van der Waals surface area (Å²) in [5.41, 5.74) is 0.213. The summed E-state index contributed by atoms with van der Waals surface area (Å²) >= 11 is 0. The van der Waals surface area contributed by atoms with Crippen LogP contribution in [0, 0.1) is 12.7 Å². The Balaban J connectivity index is 1.24. The molecular weight excluding hydrogens is 537 g/mol. The Morgan fingerprint density at radius 3 is 2.63 bits per heavy atom. The van der Waals surface area contributed by atoms with Crippen molar-refractivity contribution in [1.82, 2.24) is 14.3 Å². The van der Waals surface area contributed by atoms with Gasteiger partial charge in [0.25, 0.3) is 0 Å². The average molecular weight is 572 g/mol. The molecule has 0 aliphatic carbocycles. The molecule has 10 nitrogen and oxygen atoms in total. The minimum Gasteiger partial charge on any atom is -0.491 e. The zero-order valence-electron chi connectivity index (χ0n) is 21.4. The van der Waals surface area contributed by atoms with Gasteiger partial charge < -0.3 is 19.9 Å². The third kappa shape index (κ3) is 6.53. The number of piperidine rings is 1. The zero-order chi connectivity index (χ0) is 27.6. The van der Waals surface area contributed by atoms with Crippen LogP contribution < -0.4 is 14.8 Å². The van der Waals surface area contributed by atoms with Crippen molar-refractivity contribution >= 4 is 20.0 Å². The van der Waals surface area contributed by atoms with Gasteiger partial charge in [0.1, 0.15) is 29.2 Å². The molecule has 0 bridgehead atoms. The molecule has 2 fully saturated rings. The molecule has 210 valence electrons. The number of hydrogen-bond acceptors (Lipinski definition) is 8. The molecule has 2 aliphatic heterocycles. The van der Waals surface area contributed by atoms with E-state index in [2.05, 4.69) is 10.0 Å². The van der Waals surface area contributed by atoms with Gasteiger partial charge >= 0.3 is 0 Å². The molecule has 0 saturated carbocycles. The Morgan fingerprint density at radius 1 is 1.18 bits per heavy atom. The molecule has 2 heterocycles.